The van der Waals surface area contributed by atoms with E-state index in [2.05, 4.69) is 4.74 Å². The van der Waals surface area contributed by atoms with Crippen molar-refractivity contribution in [3.05, 3.63) is 28.3 Å². The van der Waals surface area contributed by atoms with Crippen LogP contribution in [-0.2, 0) is 16.0 Å². The molecule has 1 unspecified atom stereocenters. The predicted molar refractivity (Wildman–Crippen MR) is 75.6 cm³/mol. The molecule has 1 heterocycles. The van der Waals surface area contributed by atoms with Crippen LogP contribution in [0, 0.1) is 13.8 Å². The molecule has 0 radical (unpaired) electrons. The number of aryl methyl sites for hydroxylation is 1. The Morgan fingerprint density at radius 2 is 2.18 bits per heavy atom. The number of fused-ring (bicyclic) bond motifs is 1. The van der Waals surface area contributed by atoms with Crippen LogP contribution >= 0.6 is 0 Å². The molecule has 2 rings (SSSR count). The Hall–Kier alpha value is -1.98. The average molecular weight is 312 g/mol. The van der Waals surface area contributed by atoms with E-state index in [-0.39, 0.29) is 13.0 Å². The zero-order valence-electron chi connectivity index (χ0n) is 12.7. The van der Waals surface area contributed by atoms with E-state index >= 15 is 0 Å². The molecule has 0 spiro atoms. The molecule has 120 valence electrons. The Labute approximate surface area is 127 Å². The first-order chi connectivity index (χ1) is 10.3. The van der Waals surface area contributed by atoms with Gasteiger partial charge in [-0.25, -0.2) is 4.79 Å². The summed E-state index contributed by atoms with van der Waals surface area (Å²) < 4.78 is 37.5. The monoisotopic (exact) mass is 312 g/mol. The number of carbonyl (C=O) groups is 2. The van der Waals surface area contributed by atoms with E-state index in [1.54, 1.807) is 19.9 Å². The molecule has 0 fully saturated rings. The maximum Gasteiger partial charge on any atom is 0.377 e. The molecule has 0 aromatic heterocycles. The van der Waals surface area contributed by atoms with Crippen molar-refractivity contribution in [1.82, 2.24) is 0 Å². The zero-order valence-corrected chi connectivity index (χ0v) is 12.7. The summed E-state index contributed by atoms with van der Waals surface area (Å²) >= 11 is 0. The molecule has 22 heavy (non-hydrogen) atoms. The van der Waals surface area contributed by atoms with Crippen molar-refractivity contribution in [3.8, 4) is 5.75 Å². The Bertz CT molecular complexity index is 611. The minimum atomic E-state index is -3.58. The molecule has 1 atom stereocenters. The molecule has 0 amide bonds. The second kappa shape index (κ2) is 6.02. The normalized spacial score (nSPS) is 16.9. The molecule has 0 aliphatic carbocycles. The van der Waals surface area contributed by atoms with Gasteiger partial charge in [0.2, 0.25) is 0 Å². The van der Waals surface area contributed by atoms with Gasteiger partial charge in [-0.05, 0) is 31.9 Å². The number of hydrogen-bond donors (Lipinski definition) is 0. The van der Waals surface area contributed by atoms with Gasteiger partial charge in [0.1, 0.15) is 11.9 Å². The summed E-state index contributed by atoms with van der Waals surface area (Å²) in [5, 5.41) is 0. The van der Waals surface area contributed by atoms with E-state index in [0.717, 1.165) is 17.4 Å². The summed E-state index contributed by atoms with van der Waals surface area (Å²) in [6.07, 6.45) is -0.537. The first kappa shape index (κ1) is 16.4. The summed E-state index contributed by atoms with van der Waals surface area (Å²) in [4.78, 5) is 22.4. The fourth-order valence-electron chi connectivity index (χ4n) is 2.73. The van der Waals surface area contributed by atoms with Crippen LogP contribution < -0.4 is 4.74 Å². The van der Waals surface area contributed by atoms with Gasteiger partial charge >= 0.3 is 11.9 Å². The lowest BCUT2D eigenvalue weighted by atomic mass is 9.97. The molecule has 1 aliphatic heterocycles. The molecule has 1 aromatic rings. The van der Waals surface area contributed by atoms with E-state index < -0.39 is 24.4 Å². The van der Waals surface area contributed by atoms with Crippen molar-refractivity contribution < 1.29 is 27.8 Å². The van der Waals surface area contributed by atoms with Crippen LogP contribution in [-0.4, -0.2) is 30.9 Å². The molecule has 0 saturated carbocycles. The smallest absolute Gasteiger partial charge is 0.377 e. The lowest BCUT2D eigenvalue weighted by Crippen LogP contribution is -2.36. The van der Waals surface area contributed by atoms with Gasteiger partial charge in [-0.1, -0.05) is 6.07 Å². The van der Waals surface area contributed by atoms with E-state index in [1.165, 1.54) is 6.92 Å². The van der Waals surface area contributed by atoms with Gasteiger partial charge < -0.3 is 9.47 Å². The van der Waals surface area contributed by atoms with Crippen molar-refractivity contribution in [2.24, 2.45) is 0 Å². The van der Waals surface area contributed by atoms with Crippen LogP contribution in [0.2, 0.25) is 0 Å². The second-order valence-corrected chi connectivity index (χ2v) is 5.41. The van der Waals surface area contributed by atoms with Crippen LogP contribution in [0.4, 0.5) is 8.78 Å². The summed E-state index contributed by atoms with van der Waals surface area (Å²) in [5.74, 6) is -4.65. The van der Waals surface area contributed by atoms with Crippen molar-refractivity contribution in [3.63, 3.8) is 0 Å². The topological polar surface area (TPSA) is 52.6 Å². The van der Waals surface area contributed by atoms with E-state index in [9.17, 15) is 18.4 Å². The minimum Gasteiger partial charge on any atom is -0.489 e. The van der Waals surface area contributed by atoms with E-state index in [1.807, 2.05) is 0 Å². The van der Waals surface area contributed by atoms with Crippen molar-refractivity contribution in [2.75, 3.05) is 6.61 Å². The molecule has 0 N–H and O–H groups in total. The van der Waals surface area contributed by atoms with Crippen LogP contribution in [0.1, 0.15) is 40.4 Å². The Kier molecular flexibility index (Phi) is 4.49. The fourth-order valence-corrected chi connectivity index (χ4v) is 2.73. The molecule has 1 aromatic carbocycles. The van der Waals surface area contributed by atoms with E-state index in [4.69, 9.17) is 4.74 Å². The molecule has 0 bridgehead atoms. The molecule has 4 nitrogen and oxygen atoms in total. The number of carbonyl (C=O) groups excluding carboxylic acids is 2. The minimum absolute atomic E-state index is 0.0961. The summed E-state index contributed by atoms with van der Waals surface area (Å²) in [5.41, 5.74) is 2.72. The third-order valence-electron chi connectivity index (χ3n) is 3.76. The van der Waals surface area contributed by atoms with Gasteiger partial charge in [0.05, 0.1) is 13.0 Å². The standard InChI is InChI=1S/C16H18F2O4/c1-4-21-15(20)16(17,18)7-12-6-11-5-9(2)13(8-19)10(3)14(11)22-12/h5,8,12H,4,6-7H2,1-3H3. The third kappa shape index (κ3) is 2.96. The highest BCUT2D eigenvalue weighted by molar-refractivity contribution is 5.82. The van der Waals surface area contributed by atoms with Crippen LogP contribution in [0.15, 0.2) is 6.07 Å². The average Bonchev–Trinajstić information content (AvgIpc) is 2.81. The lowest BCUT2D eigenvalue weighted by molar-refractivity contribution is -0.174. The molecule has 0 saturated heterocycles. The number of rotatable bonds is 5. The van der Waals surface area contributed by atoms with Gasteiger partial charge in [-0.2, -0.15) is 8.78 Å². The van der Waals surface area contributed by atoms with Gasteiger partial charge in [-0.15, -0.1) is 0 Å². The largest absolute Gasteiger partial charge is 0.489 e. The highest BCUT2D eigenvalue weighted by Crippen LogP contribution is 2.38. The molecule has 1 aliphatic rings. The van der Waals surface area contributed by atoms with Crippen molar-refractivity contribution in [2.45, 2.75) is 45.6 Å². The second-order valence-electron chi connectivity index (χ2n) is 5.41. The fraction of sp³-hybridized carbons (Fsp3) is 0.500. The van der Waals surface area contributed by atoms with Crippen LogP contribution in [0.3, 0.4) is 0 Å². The van der Waals surface area contributed by atoms with Crippen LogP contribution in [0.5, 0.6) is 5.75 Å². The first-order valence-electron chi connectivity index (χ1n) is 7.10. The zero-order chi connectivity index (χ0) is 16.5. The van der Waals surface area contributed by atoms with E-state index in [0.29, 0.717) is 16.9 Å². The SMILES string of the molecule is CCOC(=O)C(F)(F)CC1Cc2cc(C)c(C=O)c(C)c2O1. The summed E-state index contributed by atoms with van der Waals surface area (Å²) in [6, 6.07) is 1.77. The third-order valence-corrected chi connectivity index (χ3v) is 3.76. The van der Waals surface area contributed by atoms with Crippen molar-refractivity contribution in [1.29, 1.82) is 0 Å². The quantitative estimate of drug-likeness (QED) is 0.619. The van der Waals surface area contributed by atoms with Gasteiger partial charge in [0.25, 0.3) is 0 Å². The maximum absolute atomic E-state index is 13.8. The van der Waals surface area contributed by atoms with Gasteiger partial charge in [0, 0.05) is 17.5 Å². The maximum atomic E-state index is 13.8. The number of ether oxygens (including phenoxy) is 2. The number of hydrogen-bond acceptors (Lipinski definition) is 4. The highest BCUT2D eigenvalue weighted by atomic mass is 19.3. The molecular weight excluding hydrogens is 294 g/mol. The van der Waals surface area contributed by atoms with Crippen LogP contribution in [0.25, 0.3) is 0 Å². The highest BCUT2D eigenvalue weighted by Gasteiger charge is 2.45. The number of esters is 1. The number of benzene rings is 1. The number of alkyl halides is 2. The number of aldehydes is 1. The Morgan fingerprint density at radius 3 is 2.77 bits per heavy atom. The lowest BCUT2D eigenvalue weighted by Gasteiger charge is -2.18. The van der Waals surface area contributed by atoms with Gasteiger partial charge in [-0.3, -0.25) is 4.79 Å². The Balaban J connectivity index is 2.18. The molecular formula is C16H18F2O4. The summed E-state index contributed by atoms with van der Waals surface area (Å²) in [6.45, 7) is 4.89. The van der Waals surface area contributed by atoms with Gasteiger partial charge in [0.15, 0.2) is 6.29 Å². The Morgan fingerprint density at radius 1 is 1.50 bits per heavy atom. The van der Waals surface area contributed by atoms with Crippen molar-refractivity contribution >= 4 is 12.3 Å². The molecule has 6 heteroatoms. The number of halogens is 2. The predicted octanol–water partition coefficient (Wildman–Crippen LogP) is 3.01. The summed E-state index contributed by atoms with van der Waals surface area (Å²) in [7, 11) is 0. The first-order valence-corrected chi connectivity index (χ1v) is 7.10.